The summed E-state index contributed by atoms with van der Waals surface area (Å²) < 4.78 is 1.07. The molecule has 0 fully saturated rings. The van der Waals surface area contributed by atoms with Crippen molar-refractivity contribution in [2.45, 2.75) is 33.6 Å². The number of pyridine rings is 1. The normalized spacial score (nSPS) is 11.5. The molecule has 0 radical (unpaired) electrons. The number of hydrogen-bond acceptors (Lipinski definition) is 1. The van der Waals surface area contributed by atoms with Crippen LogP contribution in [-0.4, -0.2) is 4.98 Å². The highest BCUT2D eigenvalue weighted by molar-refractivity contribution is 9.10. The highest BCUT2D eigenvalue weighted by atomic mass is 79.9. The van der Waals surface area contributed by atoms with E-state index >= 15 is 0 Å². The van der Waals surface area contributed by atoms with Gasteiger partial charge in [-0.2, -0.15) is 0 Å². The van der Waals surface area contributed by atoms with Crippen LogP contribution in [0.3, 0.4) is 0 Å². The molecule has 1 aromatic carbocycles. The topological polar surface area (TPSA) is 12.9 Å². The highest BCUT2D eigenvalue weighted by Crippen LogP contribution is 2.35. The first-order valence-corrected chi connectivity index (χ1v) is 6.85. The van der Waals surface area contributed by atoms with Crippen LogP contribution >= 0.6 is 27.5 Å². The van der Waals surface area contributed by atoms with E-state index in [0.29, 0.717) is 5.92 Å². The van der Waals surface area contributed by atoms with E-state index in [1.165, 1.54) is 0 Å². The maximum Gasteiger partial charge on any atom is 0.0760 e. The molecule has 90 valence electrons. The van der Waals surface area contributed by atoms with E-state index in [-0.39, 0.29) is 0 Å². The van der Waals surface area contributed by atoms with Gasteiger partial charge in [0.25, 0.3) is 0 Å². The van der Waals surface area contributed by atoms with Crippen LogP contribution in [0, 0.1) is 13.8 Å². The molecule has 0 amide bonds. The fourth-order valence-corrected chi connectivity index (χ4v) is 3.03. The van der Waals surface area contributed by atoms with Gasteiger partial charge in [0.1, 0.15) is 0 Å². The predicted molar refractivity (Wildman–Crippen MR) is 78.0 cm³/mol. The second kappa shape index (κ2) is 4.58. The van der Waals surface area contributed by atoms with Crippen LogP contribution in [-0.2, 0) is 0 Å². The van der Waals surface area contributed by atoms with Crippen molar-refractivity contribution in [1.82, 2.24) is 4.98 Å². The van der Waals surface area contributed by atoms with E-state index in [1.54, 1.807) is 0 Å². The van der Waals surface area contributed by atoms with Gasteiger partial charge in [-0.1, -0.05) is 47.4 Å². The first kappa shape index (κ1) is 12.8. The number of nitrogens with zero attached hydrogens (tertiary/aromatic N) is 1. The summed E-state index contributed by atoms with van der Waals surface area (Å²) in [7, 11) is 0. The molecular weight excluding hydrogens is 298 g/mol. The molecule has 0 unspecified atom stereocenters. The van der Waals surface area contributed by atoms with Crippen molar-refractivity contribution in [3.8, 4) is 0 Å². The molecule has 0 bridgehead atoms. The van der Waals surface area contributed by atoms with Gasteiger partial charge in [0.15, 0.2) is 0 Å². The zero-order chi connectivity index (χ0) is 12.7. The summed E-state index contributed by atoms with van der Waals surface area (Å²) in [4.78, 5) is 4.70. The van der Waals surface area contributed by atoms with Gasteiger partial charge in [0, 0.05) is 15.6 Å². The van der Waals surface area contributed by atoms with Crippen molar-refractivity contribution in [3.63, 3.8) is 0 Å². The van der Waals surface area contributed by atoms with Crippen molar-refractivity contribution in [3.05, 3.63) is 38.4 Å². The number of aromatic nitrogens is 1. The summed E-state index contributed by atoms with van der Waals surface area (Å²) in [6, 6.07) is 4.07. The van der Waals surface area contributed by atoms with Gasteiger partial charge in [-0.05, 0) is 37.0 Å². The Hall–Kier alpha value is -0.600. The van der Waals surface area contributed by atoms with Gasteiger partial charge in [0.05, 0.1) is 10.5 Å². The minimum atomic E-state index is 0.392. The Labute approximate surface area is 115 Å². The second-order valence-corrected chi connectivity index (χ2v) is 5.88. The minimum absolute atomic E-state index is 0.392. The Balaban J connectivity index is 2.91. The second-order valence-electron chi connectivity index (χ2n) is 4.65. The number of aryl methyl sites for hydroxylation is 2. The zero-order valence-corrected chi connectivity index (χ0v) is 12.8. The Bertz CT molecular complexity index is 591. The van der Waals surface area contributed by atoms with Crippen LogP contribution in [0.25, 0.3) is 10.9 Å². The Morgan fingerprint density at radius 1 is 1.24 bits per heavy atom. The molecule has 0 aliphatic rings. The molecule has 2 rings (SSSR count). The summed E-state index contributed by atoms with van der Waals surface area (Å²) in [6.45, 7) is 8.38. The standard InChI is InChI=1S/C14H15BrClN/c1-7(2)12-9(4)17-14-8(3)11(15)6-5-10(14)13(12)16/h5-7H,1-4H3. The fraction of sp³-hybridized carbons (Fsp3) is 0.357. The molecule has 0 saturated heterocycles. The summed E-state index contributed by atoms with van der Waals surface area (Å²) in [6.07, 6.45) is 0. The zero-order valence-electron chi connectivity index (χ0n) is 10.4. The molecule has 2 aromatic rings. The van der Waals surface area contributed by atoms with Crippen molar-refractivity contribution in [2.24, 2.45) is 0 Å². The number of hydrogen-bond donors (Lipinski definition) is 0. The van der Waals surface area contributed by atoms with Crippen LogP contribution in [0.15, 0.2) is 16.6 Å². The van der Waals surface area contributed by atoms with Gasteiger partial charge >= 0.3 is 0 Å². The number of fused-ring (bicyclic) bond motifs is 1. The van der Waals surface area contributed by atoms with E-state index in [2.05, 4.69) is 36.7 Å². The average Bonchev–Trinajstić information content (AvgIpc) is 2.23. The monoisotopic (exact) mass is 311 g/mol. The van der Waals surface area contributed by atoms with Gasteiger partial charge in [-0.3, -0.25) is 4.98 Å². The highest BCUT2D eigenvalue weighted by Gasteiger charge is 2.15. The van der Waals surface area contributed by atoms with Gasteiger partial charge in [0.2, 0.25) is 0 Å². The third kappa shape index (κ3) is 2.09. The number of rotatable bonds is 1. The van der Waals surface area contributed by atoms with Gasteiger partial charge in [-0.15, -0.1) is 0 Å². The first-order valence-electron chi connectivity index (χ1n) is 5.68. The molecule has 1 aromatic heterocycles. The van der Waals surface area contributed by atoms with Crippen LogP contribution in [0.2, 0.25) is 5.02 Å². The van der Waals surface area contributed by atoms with E-state index in [0.717, 1.165) is 37.2 Å². The maximum absolute atomic E-state index is 6.51. The third-order valence-electron chi connectivity index (χ3n) is 3.08. The fourth-order valence-electron chi connectivity index (χ4n) is 2.20. The molecule has 0 N–H and O–H groups in total. The lowest BCUT2D eigenvalue weighted by Crippen LogP contribution is -1.99. The largest absolute Gasteiger partial charge is 0.252 e. The van der Waals surface area contributed by atoms with Crippen molar-refractivity contribution in [2.75, 3.05) is 0 Å². The Kier molecular flexibility index (Phi) is 3.46. The SMILES string of the molecule is Cc1nc2c(C)c(Br)ccc2c(Cl)c1C(C)C. The predicted octanol–water partition coefficient (Wildman–Crippen LogP) is 5.39. The molecule has 3 heteroatoms. The lowest BCUT2D eigenvalue weighted by molar-refractivity contribution is 0.848. The van der Waals surface area contributed by atoms with Crippen LogP contribution in [0.1, 0.15) is 36.6 Å². The van der Waals surface area contributed by atoms with Crippen molar-refractivity contribution < 1.29 is 0 Å². The van der Waals surface area contributed by atoms with Crippen LogP contribution in [0.4, 0.5) is 0 Å². The average molecular weight is 313 g/mol. The molecule has 17 heavy (non-hydrogen) atoms. The van der Waals surface area contributed by atoms with Gasteiger partial charge in [-0.25, -0.2) is 0 Å². The molecular formula is C14H15BrClN. The van der Waals surface area contributed by atoms with Crippen molar-refractivity contribution in [1.29, 1.82) is 0 Å². The number of benzene rings is 1. The maximum atomic E-state index is 6.51. The third-order valence-corrected chi connectivity index (χ3v) is 4.35. The van der Waals surface area contributed by atoms with Crippen molar-refractivity contribution >= 4 is 38.4 Å². The summed E-state index contributed by atoms with van der Waals surface area (Å²) >= 11 is 10.0. The summed E-state index contributed by atoms with van der Waals surface area (Å²) in [5, 5.41) is 1.89. The van der Waals surface area contributed by atoms with E-state index in [9.17, 15) is 0 Å². The van der Waals surface area contributed by atoms with E-state index in [4.69, 9.17) is 16.6 Å². The van der Waals surface area contributed by atoms with E-state index < -0.39 is 0 Å². The molecule has 0 atom stereocenters. The van der Waals surface area contributed by atoms with Gasteiger partial charge < -0.3 is 0 Å². The smallest absolute Gasteiger partial charge is 0.0760 e. The number of halogens is 2. The quantitative estimate of drug-likeness (QED) is 0.688. The molecule has 0 spiro atoms. The summed E-state index contributed by atoms with van der Waals surface area (Å²) in [5.41, 5.74) is 4.31. The lowest BCUT2D eigenvalue weighted by atomic mass is 9.98. The Morgan fingerprint density at radius 2 is 1.88 bits per heavy atom. The molecule has 1 nitrogen and oxygen atoms in total. The summed E-state index contributed by atoms with van der Waals surface area (Å²) in [5.74, 6) is 0.392. The van der Waals surface area contributed by atoms with Crippen LogP contribution < -0.4 is 0 Å². The molecule has 0 saturated carbocycles. The molecule has 1 heterocycles. The first-order chi connectivity index (χ1) is 7.93. The molecule has 0 aliphatic heterocycles. The minimum Gasteiger partial charge on any atom is -0.252 e. The Morgan fingerprint density at radius 3 is 2.47 bits per heavy atom. The lowest BCUT2D eigenvalue weighted by Gasteiger charge is -2.15. The van der Waals surface area contributed by atoms with Crippen LogP contribution in [0.5, 0.6) is 0 Å². The van der Waals surface area contributed by atoms with E-state index in [1.807, 2.05) is 19.1 Å². The molecule has 0 aliphatic carbocycles.